The highest BCUT2D eigenvalue weighted by atomic mass is 16.5. The van der Waals surface area contributed by atoms with E-state index in [9.17, 15) is 9.59 Å². The number of rotatable bonds is 12. The van der Waals surface area contributed by atoms with Gasteiger partial charge in [0, 0.05) is 11.3 Å². The Morgan fingerprint density at radius 3 is 2.30 bits per heavy atom. The smallest absolute Gasteiger partial charge is 0.271 e. The molecule has 2 N–H and O–H groups in total. The van der Waals surface area contributed by atoms with E-state index in [1.807, 2.05) is 68.4 Å². The second-order valence-electron chi connectivity index (χ2n) is 8.84. The number of hydrogen-bond donors (Lipinski definition) is 2. The highest BCUT2D eigenvalue weighted by Gasteiger charge is 2.12. The number of benzene rings is 4. The Kier molecular flexibility index (Phi) is 9.88. The molecule has 0 atom stereocenters. The topological polar surface area (TPSA) is 98.3 Å². The van der Waals surface area contributed by atoms with Crippen LogP contribution in [0.3, 0.4) is 0 Å². The molecule has 8 nitrogen and oxygen atoms in total. The Bertz CT molecular complexity index is 1440. The van der Waals surface area contributed by atoms with Gasteiger partial charge in [-0.3, -0.25) is 9.59 Å². The summed E-state index contributed by atoms with van der Waals surface area (Å²) in [5, 5.41) is 6.84. The summed E-state index contributed by atoms with van der Waals surface area (Å²) in [5.74, 6) is 0.948. The van der Waals surface area contributed by atoms with E-state index in [1.54, 1.807) is 42.5 Å². The number of amides is 2. The SMILES string of the molecule is CCOc1cc(C(=O)N/N=C/c2ccc(OCC(=O)Nc3ccc(C)cc3)cc2)ccc1OCc1ccccc1. The number of hydrazone groups is 1. The fourth-order valence-corrected chi connectivity index (χ4v) is 3.64. The number of anilines is 1. The Hall–Kier alpha value is -5.11. The van der Waals surface area contributed by atoms with Gasteiger partial charge in [0.2, 0.25) is 0 Å². The molecule has 0 spiro atoms. The van der Waals surface area contributed by atoms with Crippen LogP contribution >= 0.6 is 0 Å². The summed E-state index contributed by atoms with van der Waals surface area (Å²) >= 11 is 0. The first kappa shape index (κ1) is 27.9. The molecule has 8 heteroatoms. The van der Waals surface area contributed by atoms with Gasteiger partial charge in [-0.25, -0.2) is 5.43 Å². The fourth-order valence-electron chi connectivity index (χ4n) is 3.64. The minimum atomic E-state index is -0.383. The van der Waals surface area contributed by atoms with Gasteiger partial charge in [-0.15, -0.1) is 0 Å². The van der Waals surface area contributed by atoms with Gasteiger partial charge in [0.15, 0.2) is 18.1 Å². The lowest BCUT2D eigenvalue weighted by Gasteiger charge is -2.13. The van der Waals surface area contributed by atoms with Gasteiger partial charge in [0.05, 0.1) is 12.8 Å². The van der Waals surface area contributed by atoms with Crippen LogP contribution in [0.1, 0.15) is 34.0 Å². The third-order valence-electron chi connectivity index (χ3n) is 5.71. The molecule has 0 aliphatic carbocycles. The molecule has 40 heavy (non-hydrogen) atoms. The Morgan fingerprint density at radius 1 is 0.825 bits per heavy atom. The van der Waals surface area contributed by atoms with Crippen LogP contribution in [0, 0.1) is 6.92 Å². The van der Waals surface area contributed by atoms with Gasteiger partial charge in [-0.1, -0.05) is 48.0 Å². The van der Waals surface area contributed by atoms with Crippen LogP contribution in [0.15, 0.2) is 102 Å². The monoisotopic (exact) mass is 537 g/mol. The number of nitrogens with zero attached hydrogens (tertiary/aromatic N) is 1. The number of carbonyl (C=O) groups excluding carboxylic acids is 2. The van der Waals surface area contributed by atoms with Gasteiger partial charge in [-0.05, 0) is 79.6 Å². The molecule has 0 heterocycles. The van der Waals surface area contributed by atoms with E-state index < -0.39 is 0 Å². The first-order valence-corrected chi connectivity index (χ1v) is 12.9. The third kappa shape index (κ3) is 8.46. The number of carbonyl (C=O) groups is 2. The van der Waals surface area contributed by atoms with E-state index in [2.05, 4.69) is 15.8 Å². The summed E-state index contributed by atoms with van der Waals surface area (Å²) in [4.78, 5) is 24.8. The van der Waals surface area contributed by atoms with Crippen molar-refractivity contribution in [1.29, 1.82) is 0 Å². The molecule has 0 aliphatic rings. The number of nitrogens with one attached hydrogen (secondary N) is 2. The van der Waals surface area contributed by atoms with E-state index in [0.29, 0.717) is 41.7 Å². The zero-order valence-corrected chi connectivity index (χ0v) is 22.4. The van der Waals surface area contributed by atoms with Crippen LogP contribution in [0.2, 0.25) is 0 Å². The van der Waals surface area contributed by atoms with Crippen molar-refractivity contribution in [3.8, 4) is 17.2 Å². The molecule has 4 rings (SSSR count). The average Bonchev–Trinajstić information content (AvgIpc) is 2.98. The first-order chi connectivity index (χ1) is 19.5. The van der Waals surface area contributed by atoms with Crippen LogP contribution < -0.4 is 25.0 Å². The van der Waals surface area contributed by atoms with Gasteiger partial charge in [-0.2, -0.15) is 5.10 Å². The number of hydrogen-bond acceptors (Lipinski definition) is 6. The molecule has 0 saturated heterocycles. The molecule has 4 aromatic rings. The maximum atomic E-state index is 12.7. The van der Waals surface area contributed by atoms with Crippen molar-refractivity contribution in [2.24, 2.45) is 5.10 Å². The second kappa shape index (κ2) is 14.2. The van der Waals surface area contributed by atoms with Crippen molar-refractivity contribution in [3.63, 3.8) is 0 Å². The Balaban J connectivity index is 1.26. The van der Waals surface area contributed by atoms with Crippen LogP contribution in [-0.4, -0.2) is 31.2 Å². The zero-order chi connectivity index (χ0) is 28.2. The molecule has 0 fully saturated rings. The minimum Gasteiger partial charge on any atom is -0.490 e. The lowest BCUT2D eigenvalue weighted by molar-refractivity contribution is -0.118. The highest BCUT2D eigenvalue weighted by molar-refractivity contribution is 5.95. The lowest BCUT2D eigenvalue weighted by atomic mass is 10.2. The lowest BCUT2D eigenvalue weighted by Crippen LogP contribution is -2.20. The largest absolute Gasteiger partial charge is 0.490 e. The van der Waals surface area contributed by atoms with Crippen molar-refractivity contribution >= 4 is 23.7 Å². The van der Waals surface area contributed by atoms with Crippen molar-refractivity contribution in [3.05, 3.63) is 119 Å². The van der Waals surface area contributed by atoms with Crippen LogP contribution in [0.4, 0.5) is 5.69 Å². The summed E-state index contributed by atoms with van der Waals surface area (Å²) in [6, 6.07) is 29.4. The Labute approximate surface area is 233 Å². The summed E-state index contributed by atoms with van der Waals surface area (Å²) in [5.41, 5.74) is 6.53. The third-order valence-corrected chi connectivity index (χ3v) is 5.71. The first-order valence-electron chi connectivity index (χ1n) is 12.9. The van der Waals surface area contributed by atoms with E-state index in [0.717, 1.165) is 16.7 Å². The number of ether oxygens (including phenoxy) is 3. The van der Waals surface area contributed by atoms with E-state index in [4.69, 9.17) is 14.2 Å². The normalized spacial score (nSPS) is 10.7. The van der Waals surface area contributed by atoms with E-state index in [1.165, 1.54) is 6.21 Å². The quantitative estimate of drug-likeness (QED) is 0.177. The van der Waals surface area contributed by atoms with Crippen molar-refractivity contribution in [1.82, 2.24) is 5.43 Å². The molecule has 0 aliphatic heterocycles. The highest BCUT2D eigenvalue weighted by Crippen LogP contribution is 2.29. The predicted molar refractivity (Wildman–Crippen MR) is 155 cm³/mol. The van der Waals surface area contributed by atoms with Crippen LogP contribution in [-0.2, 0) is 11.4 Å². The molecular formula is C32H31N3O5. The van der Waals surface area contributed by atoms with Gasteiger partial charge >= 0.3 is 0 Å². The van der Waals surface area contributed by atoms with Crippen LogP contribution in [0.5, 0.6) is 17.2 Å². The zero-order valence-electron chi connectivity index (χ0n) is 22.4. The van der Waals surface area contributed by atoms with Gasteiger partial charge < -0.3 is 19.5 Å². The molecule has 0 aromatic heterocycles. The molecule has 0 saturated carbocycles. The second-order valence-corrected chi connectivity index (χ2v) is 8.84. The van der Waals surface area contributed by atoms with E-state index in [-0.39, 0.29) is 18.4 Å². The van der Waals surface area contributed by atoms with Crippen molar-refractivity contribution < 1.29 is 23.8 Å². The molecule has 0 unspecified atom stereocenters. The maximum absolute atomic E-state index is 12.7. The van der Waals surface area contributed by atoms with Crippen molar-refractivity contribution in [2.75, 3.05) is 18.5 Å². The van der Waals surface area contributed by atoms with Gasteiger partial charge in [0.25, 0.3) is 11.8 Å². The summed E-state index contributed by atoms with van der Waals surface area (Å²) < 4.78 is 17.1. The summed E-state index contributed by atoms with van der Waals surface area (Å²) in [6.45, 7) is 4.56. The Morgan fingerprint density at radius 2 is 1.57 bits per heavy atom. The van der Waals surface area contributed by atoms with Crippen LogP contribution in [0.25, 0.3) is 0 Å². The van der Waals surface area contributed by atoms with Gasteiger partial charge in [0.1, 0.15) is 12.4 Å². The van der Waals surface area contributed by atoms with E-state index >= 15 is 0 Å². The predicted octanol–water partition coefficient (Wildman–Crippen LogP) is 5.75. The summed E-state index contributed by atoms with van der Waals surface area (Å²) in [7, 11) is 0. The standard InChI is InChI=1S/C32H31N3O5/c1-3-38-30-19-26(13-18-29(30)40-21-25-7-5-4-6-8-25)32(37)35-33-20-24-11-16-28(17-12-24)39-22-31(36)34-27-14-9-23(2)10-15-27/h4-20H,3,21-22H2,1-2H3,(H,34,36)(H,35,37)/b33-20+. The average molecular weight is 538 g/mol. The molecule has 204 valence electrons. The maximum Gasteiger partial charge on any atom is 0.271 e. The summed E-state index contributed by atoms with van der Waals surface area (Å²) in [6.07, 6.45) is 1.52. The minimum absolute atomic E-state index is 0.114. The molecule has 2 amide bonds. The number of aryl methyl sites for hydroxylation is 1. The molecule has 0 radical (unpaired) electrons. The fraction of sp³-hybridized carbons (Fsp3) is 0.156. The molecular weight excluding hydrogens is 506 g/mol. The molecule has 0 bridgehead atoms. The molecule has 4 aromatic carbocycles. The van der Waals surface area contributed by atoms with Crippen molar-refractivity contribution in [2.45, 2.75) is 20.5 Å².